The minimum absolute atomic E-state index is 0.883. The summed E-state index contributed by atoms with van der Waals surface area (Å²) in [4.78, 5) is 2.32. The molecule has 230 valence electrons. The van der Waals surface area contributed by atoms with Crippen LogP contribution in [0.15, 0.2) is 185 Å². The minimum atomic E-state index is 0.883. The molecule has 10 rings (SSSR count). The zero-order valence-corrected chi connectivity index (χ0v) is 26.5. The molecule has 0 amide bonds. The first kappa shape index (κ1) is 27.5. The van der Waals surface area contributed by atoms with E-state index in [4.69, 9.17) is 8.83 Å². The molecule has 3 heteroatoms. The molecule has 0 unspecified atom stereocenters. The molecule has 10 aromatic rings. The summed E-state index contributed by atoms with van der Waals surface area (Å²) in [7, 11) is 0. The number of rotatable bonds is 5. The van der Waals surface area contributed by atoms with Gasteiger partial charge < -0.3 is 13.7 Å². The van der Waals surface area contributed by atoms with Crippen LogP contribution in [0, 0.1) is 0 Å². The normalized spacial score (nSPS) is 11.7. The van der Waals surface area contributed by atoms with Crippen molar-refractivity contribution in [1.29, 1.82) is 0 Å². The highest BCUT2D eigenvalue weighted by Crippen LogP contribution is 2.42. The molecule has 8 aromatic carbocycles. The maximum atomic E-state index is 6.27. The average molecular weight is 628 g/mol. The van der Waals surface area contributed by atoms with E-state index in [-0.39, 0.29) is 0 Å². The second-order valence-corrected chi connectivity index (χ2v) is 12.5. The van der Waals surface area contributed by atoms with E-state index in [9.17, 15) is 0 Å². The summed E-state index contributed by atoms with van der Waals surface area (Å²) >= 11 is 0. The SMILES string of the molecule is c1ccc(-c2ccc(N(c3ccc(-c4cccc5ccc6oc7ccccc7c6c45)cc3)c3ccc4oc5ccccc5c4c3)cc2)cc1. The predicted molar refractivity (Wildman–Crippen MR) is 204 cm³/mol. The largest absolute Gasteiger partial charge is 0.456 e. The fourth-order valence-corrected chi connectivity index (χ4v) is 7.36. The zero-order valence-electron chi connectivity index (χ0n) is 26.5. The molecular weight excluding hydrogens is 599 g/mol. The van der Waals surface area contributed by atoms with Crippen molar-refractivity contribution in [2.45, 2.75) is 0 Å². The summed E-state index contributed by atoms with van der Waals surface area (Å²) in [6, 6.07) is 62.1. The van der Waals surface area contributed by atoms with Crippen LogP contribution in [0.5, 0.6) is 0 Å². The van der Waals surface area contributed by atoms with Crippen LogP contribution in [0.1, 0.15) is 0 Å². The molecule has 0 N–H and O–H groups in total. The molecule has 3 nitrogen and oxygen atoms in total. The monoisotopic (exact) mass is 627 g/mol. The van der Waals surface area contributed by atoms with Gasteiger partial charge in [-0.1, -0.05) is 115 Å². The van der Waals surface area contributed by atoms with Gasteiger partial charge in [0.25, 0.3) is 0 Å². The maximum Gasteiger partial charge on any atom is 0.136 e. The Kier molecular flexibility index (Phi) is 6.18. The number of hydrogen-bond donors (Lipinski definition) is 0. The second-order valence-electron chi connectivity index (χ2n) is 12.5. The molecule has 0 saturated carbocycles. The first-order valence-corrected chi connectivity index (χ1v) is 16.6. The van der Waals surface area contributed by atoms with Crippen molar-refractivity contribution in [2.75, 3.05) is 4.90 Å². The number of furan rings is 2. The average Bonchev–Trinajstić information content (AvgIpc) is 3.74. The Morgan fingerprint density at radius 3 is 1.67 bits per heavy atom. The first-order chi connectivity index (χ1) is 24.3. The van der Waals surface area contributed by atoms with Crippen LogP contribution < -0.4 is 4.90 Å². The molecule has 0 aliphatic heterocycles. The van der Waals surface area contributed by atoms with Gasteiger partial charge in [0, 0.05) is 44.0 Å². The van der Waals surface area contributed by atoms with E-state index in [0.29, 0.717) is 0 Å². The van der Waals surface area contributed by atoms with Gasteiger partial charge in [-0.05, 0) is 88.3 Å². The van der Waals surface area contributed by atoms with E-state index in [2.05, 4.69) is 157 Å². The smallest absolute Gasteiger partial charge is 0.136 e. The van der Waals surface area contributed by atoms with Gasteiger partial charge in [-0.25, -0.2) is 0 Å². The van der Waals surface area contributed by atoms with Gasteiger partial charge in [0.2, 0.25) is 0 Å². The Hall–Kier alpha value is -6.58. The molecule has 2 heterocycles. The lowest BCUT2D eigenvalue weighted by atomic mass is 9.94. The Balaban J connectivity index is 1.12. The van der Waals surface area contributed by atoms with E-state index >= 15 is 0 Å². The molecule has 0 aliphatic rings. The van der Waals surface area contributed by atoms with Crippen LogP contribution >= 0.6 is 0 Å². The second kappa shape index (κ2) is 11.0. The molecule has 0 spiro atoms. The van der Waals surface area contributed by atoms with Crippen LogP contribution in [-0.4, -0.2) is 0 Å². The Bertz CT molecular complexity index is 2810. The summed E-state index contributed by atoms with van der Waals surface area (Å²) in [5.74, 6) is 0. The predicted octanol–water partition coefficient (Wildman–Crippen LogP) is 13.4. The number of nitrogens with zero attached hydrogens (tertiary/aromatic N) is 1. The highest BCUT2D eigenvalue weighted by Gasteiger charge is 2.18. The number of fused-ring (bicyclic) bond motifs is 8. The molecule has 0 aliphatic carbocycles. The van der Waals surface area contributed by atoms with Crippen LogP contribution in [0.2, 0.25) is 0 Å². The van der Waals surface area contributed by atoms with Crippen molar-refractivity contribution in [1.82, 2.24) is 0 Å². The topological polar surface area (TPSA) is 29.5 Å². The Labute approximate surface area is 282 Å². The van der Waals surface area contributed by atoms with Crippen molar-refractivity contribution in [2.24, 2.45) is 0 Å². The van der Waals surface area contributed by atoms with Gasteiger partial charge in [-0.2, -0.15) is 0 Å². The molecule has 0 saturated heterocycles. The lowest BCUT2D eigenvalue weighted by molar-refractivity contribution is 0.668. The highest BCUT2D eigenvalue weighted by molar-refractivity contribution is 6.22. The van der Waals surface area contributed by atoms with Crippen molar-refractivity contribution in [3.63, 3.8) is 0 Å². The van der Waals surface area contributed by atoms with Crippen LogP contribution in [-0.2, 0) is 0 Å². The third-order valence-electron chi connectivity index (χ3n) is 9.67. The zero-order chi connectivity index (χ0) is 32.3. The fourth-order valence-electron chi connectivity index (χ4n) is 7.36. The van der Waals surface area contributed by atoms with Gasteiger partial charge in [0.1, 0.15) is 22.3 Å². The van der Waals surface area contributed by atoms with Gasteiger partial charge in [0.05, 0.1) is 0 Å². The van der Waals surface area contributed by atoms with Gasteiger partial charge in [0.15, 0.2) is 0 Å². The summed E-state index contributed by atoms with van der Waals surface area (Å²) in [6.07, 6.45) is 0. The van der Waals surface area contributed by atoms with Crippen LogP contribution in [0.3, 0.4) is 0 Å². The van der Waals surface area contributed by atoms with E-state index in [0.717, 1.165) is 66.5 Å². The third-order valence-corrected chi connectivity index (χ3v) is 9.67. The van der Waals surface area contributed by atoms with Gasteiger partial charge >= 0.3 is 0 Å². The maximum absolute atomic E-state index is 6.27. The van der Waals surface area contributed by atoms with Crippen LogP contribution in [0.4, 0.5) is 17.1 Å². The van der Waals surface area contributed by atoms with E-state index in [1.54, 1.807) is 0 Å². The molecule has 49 heavy (non-hydrogen) atoms. The number of benzene rings is 8. The number of anilines is 3. The standard InChI is InChI=1S/C46H29NO2/c1-2-9-30(10-3-1)31-17-22-34(23-18-31)47(36-26-28-43-40(29-36)38-12-4-6-15-41(38)48-43)35-24-19-32(20-25-35)37-14-8-11-33-21-27-44-46(45(33)37)39-13-5-7-16-42(39)49-44/h1-29H. The molecule has 2 aromatic heterocycles. The van der Waals surface area contributed by atoms with Crippen molar-refractivity contribution >= 4 is 71.7 Å². The third kappa shape index (κ3) is 4.51. The summed E-state index contributed by atoms with van der Waals surface area (Å²) in [6.45, 7) is 0. The summed E-state index contributed by atoms with van der Waals surface area (Å²) in [5.41, 5.74) is 11.5. The van der Waals surface area contributed by atoms with Gasteiger partial charge in [-0.3, -0.25) is 0 Å². The number of hydrogen-bond acceptors (Lipinski definition) is 3. The molecule has 0 fully saturated rings. The summed E-state index contributed by atoms with van der Waals surface area (Å²) in [5, 5.41) is 6.92. The van der Waals surface area contributed by atoms with E-state index in [1.807, 2.05) is 24.3 Å². The Morgan fingerprint density at radius 2 is 0.898 bits per heavy atom. The molecule has 0 radical (unpaired) electrons. The fraction of sp³-hybridized carbons (Fsp3) is 0. The van der Waals surface area contributed by atoms with E-state index < -0.39 is 0 Å². The van der Waals surface area contributed by atoms with Crippen molar-refractivity contribution in [3.05, 3.63) is 176 Å². The molecular formula is C46H29NO2. The highest BCUT2D eigenvalue weighted by atomic mass is 16.3. The van der Waals surface area contributed by atoms with Crippen LogP contribution in [0.25, 0.3) is 76.9 Å². The van der Waals surface area contributed by atoms with Crippen molar-refractivity contribution < 1.29 is 8.83 Å². The first-order valence-electron chi connectivity index (χ1n) is 16.6. The molecule has 0 bridgehead atoms. The van der Waals surface area contributed by atoms with E-state index in [1.165, 1.54) is 27.5 Å². The number of para-hydroxylation sites is 2. The lowest BCUT2D eigenvalue weighted by Gasteiger charge is -2.26. The van der Waals surface area contributed by atoms with Crippen molar-refractivity contribution in [3.8, 4) is 22.3 Å². The lowest BCUT2D eigenvalue weighted by Crippen LogP contribution is -2.09. The Morgan fingerprint density at radius 1 is 0.327 bits per heavy atom. The minimum Gasteiger partial charge on any atom is -0.456 e. The van der Waals surface area contributed by atoms with Gasteiger partial charge in [-0.15, -0.1) is 0 Å². The summed E-state index contributed by atoms with van der Waals surface area (Å²) < 4.78 is 12.5. The molecule has 0 atom stereocenters. The quantitative estimate of drug-likeness (QED) is 0.190.